The van der Waals surface area contributed by atoms with Gasteiger partial charge in [-0.05, 0) is 12.0 Å². The van der Waals surface area contributed by atoms with E-state index in [1.54, 1.807) is 4.90 Å². The summed E-state index contributed by atoms with van der Waals surface area (Å²) in [7, 11) is 1.36. The Labute approximate surface area is 145 Å². The standard InChI is InChI=1S/C17H21N3O5/c1-18-17(24)19-14(21)11-25-16(23)13-9-15(22)20(10-13)8-7-12-5-3-2-4-6-12/h2-6,13H,7-11H2,1H3,(H2,18,19,21,24). The second-order valence-corrected chi connectivity index (χ2v) is 5.71. The van der Waals surface area contributed by atoms with Gasteiger partial charge in [0.2, 0.25) is 5.91 Å². The van der Waals surface area contributed by atoms with Gasteiger partial charge in [0.1, 0.15) is 0 Å². The van der Waals surface area contributed by atoms with E-state index in [-0.39, 0.29) is 18.9 Å². The zero-order valence-electron chi connectivity index (χ0n) is 14.0. The highest BCUT2D eigenvalue weighted by Gasteiger charge is 2.35. The van der Waals surface area contributed by atoms with Gasteiger partial charge in [0.15, 0.2) is 6.61 Å². The molecule has 8 nitrogen and oxygen atoms in total. The number of nitrogens with zero attached hydrogens (tertiary/aromatic N) is 1. The molecule has 1 heterocycles. The molecule has 0 bridgehead atoms. The minimum Gasteiger partial charge on any atom is -0.455 e. The number of amides is 4. The second kappa shape index (κ2) is 8.81. The summed E-state index contributed by atoms with van der Waals surface area (Å²) >= 11 is 0. The van der Waals surface area contributed by atoms with Crippen LogP contribution in [0.25, 0.3) is 0 Å². The molecular formula is C17H21N3O5. The molecule has 0 aliphatic carbocycles. The third kappa shape index (κ3) is 5.59. The average molecular weight is 347 g/mol. The number of esters is 1. The number of benzene rings is 1. The number of nitrogens with one attached hydrogen (secondary N) is 2. The van der Waals surface area contributed by atoms with Crippen LogP contribution in [0.2, 0.25) is 0 Å². The van der Waals surface area contributed by atoms with Crippen molar-refractivity contribution >= 4 is 23.8 Å². The number of carbonyl (C=O) groups excluding carboxylic acids is 4. The molecule has 2 rings (SSSR count). The van der Waals surface area contributed by atoms with Crippen LogP contribution in [0.5, 0.6) is 0 Å². The highest BCUT2D eigenvalue weighted by Crippen LogP contribution is 2.19. The lowest BCUT2D eigenvalue weighted by Gasteiger charge is -2.16. The minimum atomic E-state index is -0.724. The van der Waals surface area contributed by atoms with Crippen molar-refractivity contribution in [1.29, 1.82) is 0 Å². The smallest absolute Gasteiger partial charge is 0.321 e. The first-order valence-corrected chi connectivity index (χ1v) is 7.99. The molecule has 134 valence electrons. The van der Waals surface area contributed by atoms with E-state index in [9.17, 15) is 19.2 Å². The van der Waals surface area contributed by atoms with Gasteiger partial charge < -0.3 is 15.0 Å². The molecule has 0 radical (unpaired) electrons. The van der Waals surface area contributed by atoms with Gasteiger partial charge in [0.25, 0.3) is 5.91 Å². The average Bonchev–Trinajstić information content (AvgIpc) is 2.99. The normalized spacial score (nSPS) is 16.4. The van der Waals surface area contributed by atoms with Gasteiger partial charge in [0.05, 0.1) is 5.92 Å². The Hall–Kier alpha value is -2.90. The molecule has 4 amide bonds. The summed E-state index contributed by atoms with van der Waals surface area (Å²) < 4.78 is 4.88. The highest BCUT2D eigenvalue weighted by atomic mass is 16.5. The number of urea groups is 1. The lowest BCUT2D eigenvalue weighted by atomic mass is 10.1. The first-order chi connectivity index (χ1) is 12.0. The Morgan fingerprint density at radius 1 is 1.24 bits per heavy atom. The van der Waals surface area contributed by atoms with E-state index in [2.05, 4.69) is 5.32 Å². The summed E-state index contributed by atoms with van der Waals surface area (Å²) in [5.41, 5.74) is 1.12. The quantitative estimate of drug-likeness (QED) is 0.709. The summed E-state index contributed by atoms with van der Waals surface area (Å²) in [6, 6.07) is 9.09. The van der Waals surface area contributed by atoms with Crippen LogP contribution in [0, 0.1) is 5.92 Å². The van der Waals surface area contributed by atoms with E-state index in [1.165, 1.54) is 7.05 Å². The molecule has 1 aromatic carbocycles. The van der Waals surface area contributed by atoms with Crippen LogP contribution in [-0.2, 0) is 25.5 Å². The number of imide groups is 1. The molecule has 0 aromatic heterocycles. The maximum absolute atomic E-state index is 12.0. The van der Waals surface area contributed by atoms with Crippen molar-refractivity contribution in [3.8, 4) is 0 Å². The van der Waals surface area contributed by atoms with Crippen molar-refractivity contribution in [3.05, 3.63) is 35.9 Å². The topological polar surface area (TPSA) is 105 Å². The van der Waals surface area contributed by atoms with Gasteiger partial charge in [0, 0.05) is 26.6 Å². The molecule has 1 aliphatic heterocycles. The third-order valence-corrected chi connectivity index (χ3v) is 3.89. The van der Waals surface area contributed by atoms with E-state index < -0.39 is 30.4 Å². The van der Waals surface area contributed by atoms with Crippen molar-refractivity contribution < 1.29 is 23.9 Å². The number of likely N-dealkylation sites (tertiary alicyclic amines) is 1. The number of hydrogen-bond acceptors (Lipinski definition) is 5. The van der Waals surface area contributed by atoms with Gasteiger partial charge in [-0.3, -0.25) is 19.7 Å². The Bertz CT molecular complexity index is 647. The second-order valence-electron chi connectivity index (χ2n) is 5.71. The Morgan fingerprint density at radius 2 is 1.96 bits per heavy atom. The van der Waals surface area contributed by atoms with Crippen molar-refractivity contribution in [3.63, 3.8) is 0 Å². The molecule has 1 fully saturated rings. The molecule has 8 heteroatoms. The van der Waals surface area contributed by atoms with E-state index in [0.717, 1.165) is 5.56 Å². The largest absolute Gasteiger partial charge is 0.455 e. The summed E-state index contributed by atoms with van der Waals surface area (Å²) in [4.78, 5) is 48.0. The minimum absolute atomic E-state index is 0.0741. The van der Waals surface area contributed by atoms with Gasteiger partial charge in [-0.1, -0.05) is 30.3 Å². The number of carbonyl (C=O) groups is 4. The molecule has 1 saturated heterocycles. The maximum atomic E-state index is 12.0. The van der Waals surface area contributed by atoms with Crippen molar-refractivity contribution in [2.75, 3.05) is 26.7 Å². The van der Waals surface area contributed by atoms with E-state index in [4.69, 9.17) is 4.74 Å². The van der Waals surface area contributed by atoms with Crippen LogP contribution < -0.4 is 10.6 Å². The molecule has 2 N–H and O–H groups in total. The Kier molecular flexibility index (Phi) is 6.50. The molecule has 0 saturated carbocycles. The zero-order valence-corrected chi connectivity index (χ0v) is 14.0. The first kappa shape index (κ1) is 18.4. The molecular weight excluding hydrogens is 326 g/mol. The van der Waals surface area contributed by atoms with Gasteiger partial charge >= 0.3 is 12.0 Å². The van der Waals surface area contributed by atoms with Gasteiger partial charge in [-0.15, -0.1) is 0 Å². The number of rotatable bonds is 6. The molecule has 1 aliphatic rings. The fourth-order valence-electron chi connectivity index (χ4n) is 2.53. The van der Waals surface area contributed by atoms with Crippen molar-refractivity contribution in [2.24, 2.45) is 5.92 Å². The molecule has 1 atom stereocenters. The summed E-state index contributed by atoms with van der Waals surface area (Å²) in [5, 5.41) is 4.20. The Morgan fingerprint density at radius 3 is 2.64 bits per heavy atom. The van der Waals surface area contributed by atoms with E-state index in [0.29, 0.717) is 13.0 Å². The summed E-state index contributed by atoms with van der Waals surface area (Å²) in [6.07, 6.45) is 0.785. The fraction of sp³-hybridized carbons (Fsp3) is 0.412. The van der Waals surface area contributed by atoms with Crippen LogP contribution in [0.15, 0.2) is 30.3 Å². The van der Waals surface area contributed by atoms with Gasteiger partial charge in [-0.2, -0.15) is 0 Å². The molecule has 1 unspecified atom stereocenters. The molecule has 1 aromatic rings. The molecule has 0 spiro atoms. The third-order valence-electron chi connectivity index (χ3n) is 3.89. The lowest BCUT2D eigenvalue weighted by Crippen LogP contribution is -2.40. The van der Waals surface area contributed by atoms with Crippen LogP contribution in [0.1, 0.15) is 12.0 Å². The van der Waals surface area contributed by atoms with Crippen molar-refractivity contribution in [2.45, 2.75) is 12.8 Å². The van der Waals surface area contributed by atoms with E-state index in [1.807, 2.05) is 35.6 Å². The van der Waals surface area contributed by atoms with Gasteiger partial charge in [-0.25, -0.2) is 4.79 Å². The number of hydrogen-bond donors (Lipinski definition) is 2. The monoisotopic (exact) mass is 347 g/mol. The first-order valence-electron chi connectivity index (χ1n) is 7.99. The predicted octanol–water partition coefficient (Wildman–Crippen LogP) is 0.0764. The van der Waals surface area contributed by atoms with E-state index >= 15 is 0 Å². The van der Waals surface area contributed by atoms with Crippen molar-refractivity contribution in [1.82, 2.24) is 15.5 Å². The highest BCUT2D eigenvalue weighted by molar-refractivity contribution is 5.95. The zero-order chi connectivity index (χ0) is 18.2. The maximum Gasteiger partial charge on any atom is 0.321 e. The Balaban J connectivity index is 1.76. The summed E-state index contributed by atoms with van der Waals surface area (Å²) in [5.74, 6) is -2.02. The predicted molar refractivity (Wildman–Crippen MR) is 88.4 cm³/mol. The SMILES string of the molecule is CNC(=O)NC(=O)COC(=O)C1CC(=O)N(CCc2ccccc2)C1. The van der Waals surface area contributed by atoms with Crippen LogP contribution >= 0.6 is 0 Å². The van der Waals surface area contributed by atoms with Crippen LogP contribution in [-0.4, -0.2) is 55.5 Å². The van der Waals surface area contributed by atoms with Crippen LogP contribution in [0.3, 0.4) is 0 Å². The molecule has 25 heavy (non-hydrogen) atoms. The lowest BCUT2D eigenvalue weighted by molar-refractivity contribution is -0.152. The van der Waals surface area contributed by atoms with Crippen LogP contribution in [0.4, 0.5) is 4.79 Å². The number of ether oxygens (including phenoxy) is 1. The summed E-state index contributed by atoms with van der Waals surface area (Å²) in [6.45, 7) is 0.256. The fourth-order valence-corrected chi connectivity index (χ4v) is 2.53.